The van der Waals surface area contributed by atoms with Gasteiger partial charge in [-0.25, -0.2) is 27.1 Å². The Labute approximate surface area is 170 Å². The number of aromatic nitrogens is 3. The summed E-state index contributed by atoms with van der Waals surface area (Å²) in [5, 5.41) is 0.802. The molecule has 0 atom stereocenters. The van der Waals surface area contributed by atoms with Crippen LogP contribution in [0.2, 0.25) is 0 Å². The van der Waals surface area contributed by atoms with Gasteiger partial charge < -0.3 is 5.32 Å². The maximum Gasteiger partial charge on any atom is 0.422 e. The number of anilines is 1. The highest BCUT2D eigenvalue weighted by molar-refractivity contribution is 6.21. The summed E-state index contributed by atoms with van der Waals surface area (Å²) in [4.78, 5) is 16.0. The number of rotatable bonds is 3. The van der Waals surface area contributed by atoms with Gasteiger partial charge in [-0.1, -0.05) is 0 Å². The number of hydrogen-bond donors (Lipinski definition) is 1. The third-order valence-corrected chi connectivity index (χ3v) is 4.06. The van der Waals surface area contributed by atoms with Crippen LogP contribution in [0.5, 0.6) is 0 Å². The SMILES string of the molecule is Cc1cc(C(F)(F)Cl)n2nc(C(=O)Nc3c(F)c(F)c(C(F)(F)F)c(F)c3F)cc2n1. The Balaban J connectivity index is 2.08. The highest BCUT2D eigenvalue weighted by atomic mass is 35.5. The average molecular weight is 477 g/mol. The molecule has 15 heteroatoms. The summed E-state index contributed by atoms with van der Waals surface area (Å²) in [6, 6.07) is 1.59. The Morgan fingerprint density at radius 2 is 1.55 bits per heavy atom. The minimum absolute atomic E-state index is 0.0265. The number of fused-ring (bicyclic) bond motifs is 1. The Kier molecular flexibility index (Phi) is 5.32. The molecule has 0 saturated heterocycles. The van der Waals surface area contributed by atoms with Crippen molar-refractivity contribution >= 4 is 28.8 Å². The lowest BCUT2D eigenvalue weighted by Crippen LogP contribution is -2.20. The van der Waals surface area contributed by atoms with Crippen LogP contribution in [0.4, 0.5) is 45.2 Å². The fraction of sp³-hybridized carbons (Fsp3) is 0.188. The van der Waals surface area contributed by atoms with E-state index in [2.05, 4.69) is 10.1 Å². The molecule has 0 aliphatic carbocycles. The molecule has 0 bridgehead atoms. The Bertz CT molecular complexity index is 1190. The lowest BCUT2D eigenvalue weighted by molar-refractivity contribution is -0.143. The van der Waals surface area contributed by atoms with Crippen LogP contribution in [0.3, 0.4) is 0 Å². The van der Waals surface area contributed by atoms with E-state index in [1.54, 1.807) is 0 Å². The molecule has 0 aliphatic rings. The molecule has 1 amide bonds. The van der Waals surface area contributed by atoms with Gasteiger partial charge in [-0.2, -0.15) is 27.1 Å². The molecule has 0 spiro atoms. The summed E-state index contributed by atoms with van der Waals surface area (Å²) < 4.78 is 121. The molecule has 3 aromatic rings. The third-order valence-electron chi connectivity index (χ3n) is 3.86. The number of nitrogens with zero attached hydrogens (tertiary/aromatic N) is 3. The van der Waals surface area contributed by atoms with E-state index in [4.69, 9.17) is 11.6 Å². The van der Waals surface area contributed by atoms with Crippen LogP contribution in [-0.2, 0) is 11.6 Å². The van der Waals surface area contributed by atoms with E-state index in [9.17, 15) is 44.3 Å². The summed E-state index contributed by atoms with van der Waals surface area (Å²) in [7, 11) is 0. The first-order chi connectivity index (χ1) is 14.1. The number of carbonyl (C=O) groups excluding carboxylic acids is 1. The molecule has 31 heavy (non-hydrogen) atoms. The van der Waals surface area contributed by atoms with Gasteiger partial charge in [0.2, 0.25) is 0 Å². The van der Waals surface area contributed by atoms with Crippen LogP contribution < -0.4 is 5.32 Å². The van der Waals surface area contributed by atoms with Crippen molar-refractivity contribution in [1.82, 2.24) is 14.6 Å². The fourth-order valence-corrected chi connectivity index (χ4v) is 2.72. The van der Waals surface area contributed by atoms with E-state index >= 15 is 0 Å². The van der Waals surface area contributed by atoms with Gasteiger partial charge in [0.25, 0.3) is 5.91 Å². The topological polar surface area (TPSA) is 59.3 Å². The monoisotopic (exact) mass is 476 g/mol. The van der Waals surface area contributed by atoms with Crippen LogP contribution in [0.1, 0.15) is 27.4 Å². The minimum atomic E-state index is -5.77. The average Bonchev–Trinajstić information content (AvgIpc) is 3.04. The lowest BCUT2D eigenvalue weighted by atomic mass is 10.1. The number of hydrogen-bond acceptors (Lipinski definition) is 3. The standard InChI is InChI=1S/C16H6ClF9N4O/c1-4-2-6(15(17,22)23)30-7(27-4)3-5(29-30)14(31)28-13-11(20)9(18)8(16(24,25)26)10(19)12(13)21/h2-3H,1H3,(H,28,31). The second-order valence-electron chi connectivity index (χ2n) is 6.04. The molecular weight excluding hydrogens is 471 g/mol. The maximum atomic E-state index is 13.9. The fourth-order valence-electron chi connectivity index (χ4n) is 2.58. The van der Waals surface area contributed by atoms with Gasteiger partial charge in [0.05, 0.1) is 0 Å². The van der Waals surface area contributed by atoms with E-state index in [1.165, 1.54) is 12.2 Å². The summed E-state index contributed by atoms with van der Waals surface area (Å²) in [5.74, 6) is -12.3. The molecule has 166 valence electrons. The second kappa shape index (κ2) is 7.28. The van der Waals surface area contributed by atoms with E-state index in [0.29, 0.717) is 4.52 Å². The number of alkyl halides is 6. The quantitative estimate of drug-likeness (QED) is 0.323. The molecule has 0 unspecified atom stereocenters. The molecule has 0 aliphatic heterocycles. The Morgan fingerprint density at radius 3 is 2.03 bits per heavy atom. The predicted octanol–water partition coefficient (Wildman–Crippen LogP) is 5.15. The summed E-state index contributed by atoms with van der Waals surface area (Å²) >= 11 is 4.96. The van der Waals surface area contributed by atoms with Crippen LogP contribution >= 0.6 is 11.6 Å². The zero-order chi connectivity index (χ0) is 23.5. The molecular formula is C16H6ClF9N4O. The zero-order valence-corrected chi connectivity index (χ0v) is 15.4. The summed E-state index contributed by atoms with van der Waals surface area (Å²) in [5.41, 5.74) is -6.79. The molecule has 3 rings (SSSR count). The number of carbonyl (C=O) groups is 1. The van der Waals surface area contributed by atoms with E-state index < -0.39 is 63.4 Å². The van der Waals surface area contributed by atoms with Crippen molar-refractivity contribution in [3.8, 4) is 0 Å². The second-order valence-corrected chi connectivity index (χ2v) is 6.51. The van der Waals surface area contributed by atoms with Gasteiger partial charge in [0.15, 0.2) is 34.6 Å². The predicted molar refractivity (Wildman–Crippen MR) is 86.7 cm³/mol. The molecule has 1 aromatic carbocycles. The number of nitrogens with one attached hydrogen (secondary N) is 1. The third kappa shape index (κ3) is 3.98. The molecule has 0 saturated carbocycles. The van der Waals surface area contributed by atoms with Crippen molar-refractivity contribution in [2.24, 2.45) is 0 Å². The van der Waals surface area contributed by atoms with Crippen LogP contribution in [-0.4, -0.2) is 20.5 Å². The van der Waals surface area contributed by atoms with Gasteiger partial charge in [-0.15, -0.1) is 0 Å². The normalized spacial score (nSPS) is 12.5. The molecule has 5 nitrogen and oxygen atoms in total. The van der Waals surface area contributed by atoms with Gasteiger partial charge in [-0.05, 0) is 24.6 Å². The first-order valence-electron chi connectivity index (χ1n) is 7.82. The number of amides is 1. The largest absolute Gasteiger partial charge is 0.422 e. The van der Waals surface area contributed by atoms with E-state index in [1.807, 2.05) is 0 Å². The van der Waals surface area contributed by atoms with Crippen molar-refractivity contribution in [3.05, 3.63) is 58.0 Å². The van der Waals surface area contributed by atoms with Crippen molar-refractivity contribution in [2.45, 2.75) is 18.5 Å². The van der Waals surface area contributed by atoms with Crippen LogP contribution in [0.15, 0.2) is 12.1 Å². The Hall–Kier alpha value is -3.03. The number of aryl methyl sites for hydroxylation is 1. The first-order valence-corrected chi connectivity index (χ1v) is 8.19. The van der Waals surface area contributed by atoms with Crippen molar-refractivity contribution in [2.75, 3.05) is 5.32 Å². The van der Waals surface area contributed by atoms with Gasteiger partial charge in [0.1, 0.15) is 16.9 Å². The van der Waals surface area contributed by atoms with Gasteiger partial charge in [0, 0.05) is 11.8 Å². The minimum Gasteiger partial charge on any atom is -0.315 e. The molecule has 0 radical (unpaired) electrons. The summed E-state index contributed by atoms with van der Waals surface area (Å²) in [6.45, 7) is 1.30. The van der Waals surface area contributed by atoms with Gasteiger partial charge >= 0.3 is 11.6 Å². The van der Waals surface area contributed by atoms with Crippen LogP contribution in [0.25, 0.3) is 5.65 Å². The highest BCUT2D eigenvalue weighted by Gasteiger charge is 2.42. The van der Waals surface area contributed by atoms with Crippen molar-refractivity contribution in [1.29, 1.82) is 0 Å². The van der Waals surface area contributed by atoms with Crippen LogP contribution in [0, 0.1) is 30.2 Å². The van der Waals surface area contributed by atoms with Crippen molar-refractivity contribution < 1.29 is 44.3 Å². The van der Waals surface area contributed by atoms with E-state index in [0.717, 1.165) is 12.1 Å². The van der Waals surface area contributed by atoms with Crippen molar-refractivity contribution in [3.63, 3.8) is 0 Å². The number of benzene rings is 1. The summed E-state index contributed by atoms with van der Waals surface area (Å²) in [6.07, 6.45) is -5.77. The molecule has 2 heterocycles. The molecule has 1 N–H and O–H groups in total. The van der Waals surface area contributed by atoms with E-state index in [-0.39, 0.29) is 11.3 Å². The molecule has 2 aromatic heterocycles. The smallest absolute Gasteiger partial charge is 0.315 e. The van der Waals surface area contributed by atoms with Gasteiger partial charge in [-0.3, -0.25) is 4.79 Å². The number of halogens is 10. The lowest BCUT2D eigenvalue weighted by Gasteiger charge is -2.14. The Morgan fingerprint density at radius 1 is 1.00 bits per heavy atom. The highest BCUT2D eigenvalue weighted by Crippen LogP contribution is 2.38. The molecule has 0 fully saturated rings. The maximum absolute atomic E-state index is 13.9. The first kappa shape index (κ1) is 22.7. The zero-order valence-electron chi connectivity index (χ0n) is 14.7.